The van der Waals surface area contributed by atoms with E-state index in [1.165, 1.54) is 0 Å². The lowest BCUT2D eigenvalue weighted by atomic mass is 9.92. The molecule has 154 valence electrons. The molecule has 1 atom stereocenters. The largest absolute Gasteiger partial charge is 0.497 e. The van der Waals surface area contributed by atoms with Gasteiger partial charge >= 0.3 is 6.03 Å². The zero-order chi connectivity index (χ0) is 21.2. The second-order valence-corrected chi connectivity index (χ2v) is 9.34. The van der Waals surface area contributed by atoms with Gasteiger partial charge in [-0.2, -0.15) is 0 Å². The summed E-state index contributed by atoms with van der Waals surface area (Å²) in [7, 11) is -1.93. The Kier molecular flexibility index (Phi) is 5.66. The van der Waals surface area contributed by atoms with Gasteiger partial charge in [0.15, 0.2) is 9.84 Å². The number of carbonyl (C=O) groups is 2. The number of benzene rings is 2. The van der Waals surface area contributed by atoms with Gasteiger partial charge in [-0.3, -0.25) is 9.69 Å². The van der Waals surface area contributed by atoms with Crippen molar-refractivity contribution in [2.45, 2.75) is 30.7 Å². The third kappa shape index (κ3) is 4.12. The van der Waals surface area contributed by atoms with E-state index in [2.05, 4.69) is 5.32 Å². The van der Waals surface area contributed by atoms with E-state index in [0.29, 0.717) is 11.3 Å². The van der Waals surface area contributed by atoms with Crippen molar-refractivity contribution in [1.29, 1.82) is 0 Å². The van der Waals surface area contributed by atoms with Crippen molar-refractivity contribution >= 4 is 21.8 Å². The van der Waals surface area contributed by atoms with Crippen molar-refractivity contribution in [2.75, 3.05) is 19.4 Å². The van der Waals surface area contributed by atoms with Gasteiger partial charge in [0.2, 0.25) is 0 Å². The summed E-state index contributed by atoms with van der Waals surface area (Å²) in [5.74, 6) is 0.0974. The fourth-order valence-corrected chi connectivity index (χ4v) is 4.76. The van der Waals surface area contributed by atoms with Crippen LogP contribution in [0.15, 0.2) is 53.4 Å². The second-order valence-electron chi connectivity index (χ2n) is 7.23. The predicted molar refractivity (Wildman–Crippen MR) is 108 cm³/mol. The second kappa shape index (κ2) is 7.87. The van der Waals surface area contributed by atoms with Gasteiger partial charge in [-0.15, -0.1) is 0 Å². The number of amides is 3. The van der Waals surface area contributed by atoms with Gasteiger partial charge < -0.3 is 10.1 Å². The van der Waals surface area contributed by atoms with Crippen LogP contribution in [0.25, 0.3) is 0 Å². The molecule has 2 aromatic carbocycles. The minimum Gasteiger partial charge on any atom is -0.497 e. The van der Waals surface area contributed by atoms with Gasteiger partial charge in [0, 0.05) is 6.54 Å². The summed E-state index contributed by atoms with van der Waals surface area (Å²) in [5.41, 5.74) is 0.292. The van der Waals surface area contributed by atoms with Crippen LogP contribution >= 0.6 is 0 Å². The number of nitrogens with one attached hydrogen (secondary N) is 1. The van der Waals surface area contributed by atoms with Gasteiger partial charge in [-0.25, -0.2) is 13.2 Å². The lowest BCUT2D eigenvalue weighted by Gasteiger charge is -2.22. The first-order chi connectivity index (χ1) is 13.7. The van der Waals surface area contributed by atoms with Crippen molar-refractivity contribution in [2.24, 2.45) is 0 Å². The fourth-order valence-electron chi connectivity index (χ4n) is 3.36. The van der Waals surface area contributed by atoms with Gasteiger partial charge in [-0.05, 0) is 55.7 Å². The highest BCUT2D eigenvalue weighted by Gasteiger charge is 2.48. The van der Waals surface area contributed by atoms with Crippen LogP contribution in [0, 0.1) is 6.92 Å². The minimum absolute atomic E-state index is 0.0292. The number of hydrogen-bond donors (Lipinski definition) is 1. The Balaban J connectivity index is 1.68. The number of carbonyl (C=O) groups excluding carboxylic acids is 2. The molecule has 1 N–H and O–H groups in total. The molecule has 7 nitrogen and oxygen atoms in total. The zero-order valence-corrected chi connectivity index (χ0v) is 17.5. The first-order valence-corrected chi connectivity index (χ1v) is 10.9. The van der Waals surface area contributed by atoms with E-state index in [1.54, 1.807) is 56.5 Å². The quantitative estimate of drug-likeness (QED) is 0.701. The number of nitrogens with zero attached hydrogens (tertiary/aromatic N) is 1. The summed E-state index contributed by atoms with van der Waals surface area (Å²) in [5, 5.41) is 2.72. The van der Waals surface area contributed by atoms with E-state index >= 15 is 0 Å². The molecule has 1 heterocycles. The third-order valence-electron chi connectivity index (χ3n) is 5.09. The molecule has 0 aromatic heterocycles. The van der Waals surface area contributed by atoms with E-state index in [0.717, 1.165) is 10.5 Å². The molecule has 1 unspecified atom stereocenters. The molecule has 1 aliphatic rings. The van der Waals surface area contributed by atoms with Crippen molar-refractivity contribution in [3.8, 4) is 5.75 Å². The summed E-state index contributed by atoms with van der Waals surface area (Å²) in [6.45, 7) is 3.49. The van der Waals surface area contributed by atoms with Crippen LogP contribution in [0.5, 0.6) is 5.75 Å². The molecule has 3 amide bonds. The van der Waals surface area contributed by atoms with E-state index in [1.807, 2.05) is 13.0 Å². The number of methoxy groups -OCH3 is 1. The Morgan fingerprint density at radius 2 is 1.79 bits per heavy atom. The monoisotopic (exact) mass is 416 g/mol. The molecule has 1 fully saturated rings. The van der Waals surface area contributed by atoms with Crippen LogP contribution in [-0.2, 0) is 20.2 Å². The van der Waals surface area contributed by atoms with Crippen molar-refractivity contribution in [1.82, 2.24) is 10.2 Å². The smallest absolute Gasteiger partial charge is 0.325 e. The van der Waals surface area contributed by atoms with Crippen molar-refractivity contribution in [3.63, 3.8) is 0 Å². The van der Waals surface area contributed by atoms with E-state index in [-0.39, 0.29) is 23.6 Å². The number of sulfone groups is 1. The van der Waals surface area contributed by atoms with Crippen LogP contribution in [0.3, 0.4) is 0 Å². The van der Waals surface area contributed by atoms with Crippen LogP contribution in [0.4, 0.5) is 4.79 Å². The van der Waals surface area contributed by atoms with Crippen molar-refractivity contribution < 1.29 is 22.7 Å². The summed E-state index contributed by atoms with van der Waals surface area (Å²) < 4.78 is 30.2. The van der Waals surface area contributed by atoms with E-state index in [9.17, 15) is 18.0 Å². The Morgan fingerprint density at radius 3 is 2.41 bits per heavy atom. The molecule has 0 spiro atoms. The Hall–Kier alpha value is -2.87. The highest BCUT2D eigenvalue weighted by atomic mass is 32.2. The van der Waals surface area contributed by atoms with Gasteiger partial charge in [0.25, 0.3) is 5.91 Å². The molecular weight excluding hydrogens is 392 g/mol. The first-order valence-electron chi connectivity index (χ1n) is 9.25. The number of rotatable bonds is 7. The topological polar surface area (TPSA) is 92.8 Å². The van der Waals surface area contributed by atoms with E-state index < -0.39 is 27.3 Å². The molecule has 3 rings (SSSR count). The van der Waals surface area contributed by atoms with Crippen LogP contribution in [0.1, 0.15) is 24.5 Å². The molecule has 0 aliphatic carbocycles. The Labute approximate surface area is 170 Å². The number of imide groups is 1. The minimum atomic E-state index is -3.48. The van der Waals surface area contributed by atoms with Crippen LogP contribution in [-0.4, -0.2) is 44.7 Å². The molecule has 8 heteroatoms. The summed E-state index contributed by atoms with van der Waals surface area (Å²) in [6.07, 6.45) is 0.161. The standard InChI is InChI=1S/C21H24N2O5S/c1-15-6-4-7-18(14-15)29(26,27)13-5-12-23-19(24)21(2,22-20(23)25)16-8-10-17(28-3)11-9-16/h4,6-11,14H,5,12-13H2,1-3H3,(H,22,25). The maximum atomic E-state index is 12.9. The molecule has 2 aromatic rings. The fraction of sp³-hybridized carbons (Fsp3) is 0.333. The molecule has 29 heavy (non-hydrogen) atoms. The van der Waals surface area contributed by atoms with Crippen LogP contribution < -0.4 is 10.1 Å². The maximum absolute atomic E-state index is 12.9. The first kappa shape index (κ1) is 20.9. The molecule has 0 saturated carbocycles. The molecule has 1 aliphatic heterocycles. The third-order valence-corrected chi connectivity index (χ3v) is 6.88. The van der Waals surface area contributed by atoms with E-state index in [4.69, 9.17) is 4.74 Å². The average Bonchev–Trinajstić information content (AvgIpc) is 2.92. The Morgan fingerprint density at radius 1 is 1.10 bits per heavy atom. The summed E-state index contributed by atoms with van der Waals surface area (Å²) in [4.78, 5) is 26.6. The summed E-state index contributed by atoms with van der Waals surface area (Å²) >= 11 is 0. The van der Waals surface area contributed by atoms with Crippen LogP contribution in [0.2, 0.25) is 0 Å². The van der Waals surface area contributed by atoms with Gasteiger partial charge in [-0.1, -0.05) is 24.3 Å². The predicted octanol–water partition coefficient (Wildman–Crippen LogP) is 2.63. The number of hydrogen-bond acceptors (Lipinski definition) is 5. The molecule has 1 saturated heterocycles. The number of urea groups is 1. The highest BCUT2D eigenvalue weighted by Crippen LogP contribution is 2.30. The number of ether oxygens (including phenoxy) is 1. The number of aryl methyl sites for hydroxylation is 1. The Bertz CT molecular complexity index is 1030. The molecular formula is C21H24N2O5S. The zero-order valence-electron chi connectivity index (χ0n) is 16.6. The summed E-state index contributed by atoms with van der Waals surface area (Å²) in [6, 6.07) is 13.0. The normalized spacial score (nSPS) is 19.3. The van der Waals surface area contributed by atoms with Crippen molar-refractivity contribution in [3.05, 3.63) is 59.7 Å². The lowest BCUT2D eigenvalue weighted by Crippen LogP contribution is -2.41. The van der Waals surface area contributed by atoms with Gasteiger partial charge in [0.05, 0.1) is 17.8 Å². The average molecular weight is 416 g/mol. The SMILES string of the molecule is COc1ccc(C2(C)NC(=O)N(CCCS(=O)(=O)c3cccc(C)c3)C2=O)cc1. The lowest BCUT2D eigenvalue weighted by molar-refractivity contribution is -0.131. The molecule has 0 bridgehead atoms. The van der Waals surface area contributed by atoms with Gasteiger partial charge in [0.1, 0.15) is 11.3 Å². The maximum Gasteiger partial charge on any atom is 0.325 e. The molecule has 0 radical (unpaired) electrons. The highest BCUT2D eigenvalue weighted by molar-refractivity contribution is 7.91.